The second kappa shape index (κ2) is 5.61. The molecule has 0 radical (unpaired) electrons. The fourth-order valence-corrected chi connectivity index (χ4v) is 3.51. The van der Waals surface area contributed by atoms with Crippen LogP contribution in [0.5, 0.6) is 0 Å². The van der Waals surface area contributed by atoms with Crippen molar-refractivity contribution in [3.8, 4) is 11.4 Å². The summed E-state index contributed by atoms with van der Waals surface area (Å²) in [6, 6.07) is 17.0. The summed E-state index contributed by atoms with van der Waals surface area (Å²) < 4.78 is 2.13. The van der Waals surface area contributed by atoms with Gasteiger partial charge in [-0.15, -0.1) is 10.2 Å². The van der Waals surface area contributed by atoms with E-state index in [1.54, 1.807) is 6.07 Å². The molecule has 0 unspecified atom stereocenters. The van der Waals surface area contributed by atoms with Crippen LogP contribution in [0.1, 0.15) is 5.56 Å². The first-order chi connectivity index (χ1) is 11.2. The molecule has 23 heavy (non-hydrogen) atoms. The smallest absolute Gasteiger partial charge is 0.267 e. The molecule has 0 bridgehead atoms. The van der Waals surface area contributed by atoms with Crippen molar-refractivity contribution < 1.29 is 0 Å². The second-order valence-corrected chi connectivity index (χ2v) is 6.36. The predicted octanol–water partition coefficient (Wildman–Crippen LogP) is 3.02. The van der Waals surface area contributed by atoms with Crippen molar-refractivity contribution in [3.63, 3.8) is 0 Å². The van der Waals surface area contributed by atoms with Gasteiger partial charge in [0.05, 0.1) is 9.55 Å². The molecule has 4 aromatic rings. The summed E-state index contributed by atoms with van der Waals surface area (Å²) in [5.41, 5.74) is 1.54. The summed E-state index contributed by atoms with van der Waals surface area (Å²) in [4.78, 5) is 13.3. The highest BCUT2D eigenvalue weighted by Crippen LogP contribution is 2.25. The van der Waals surface area contributed by atoms with Crippen LogP contribution < -0.4 is 10.1 Å². The molecule has 0 fully saturated rings. The van der Waals surface area contributed by atoms with E-state index in [4.69, 9.17) is 11.6 Å². The quantitative estimate of drug-likeness (QED) is 0.564. The molecule has 2 aromatic carbocycles. The molecule has 0 N–H and O–H groups in total. The van der Waals surface area contributed by atoms with Crippen molar-refractivity contribution in [1.82, 2.24) is 14.6 Å². The van der Waals surface area contributed by atoms with Crippen LogP contribution in [0.15, 0.2) is 59.4 Å². The number of nitrogens with zero attached hydrogens (tertiary/aromatic N) is 3. The number of aromatic nitrogens is 3. The van der Waals surface area contributed by atoms with E-state index in [9.17, 15) is 4.79 Å². The van der Waals surface area contributed by atoms with E-state index in [-0.39, 0.29) is 5.56 Å². The third-order valence-electron chi connectivity index (χ3n) is 3.46. The van der Waals surface area contributed by atoms with Crippen LogP contribution in [0.2, 0.25) is 5.02 Å². The average Bonchev–Trinajstić information content (AvgIpc) is 3.10. The summed E-state index contributed by atoms with van der Waals surface area (Å²) in [6.07, 6.45) is 1.86. The maximum absolute atomic E-state index is 12.7. The van der Waals surface area contributed by atoms with Crippen molar-refractivity contribution in [1.29, 1.82) is 0 Å². The van der Waals surface area contributed by atoms with Crippen LogP contribution >= 0.6 is 22.9 Å². The minimum atomic E-state index is -0.131. The lowest BCUT2D eigenvalue weighted by Crippen LogP contribution is -2.23. The summed E-state index contributed by atoms with van der Waals surface area (Å²) in [6.45, 7) is 0. The Morgan fingerprint density at radius 1 is 1.00 bits per heavy atom. The normalized spacial score (nSPS) is 12.1. The number of thiazole rings is 1. The van der Waals surface area contributed by atoms with E-state index >= 15 is 0 Å². The van der Waals surface area contributed by atoms with E-state index in [0.717, 1.165) is 5.56 Å². The Morgan fingerprint density at radius 2 is 1.74 bits per heavy atom. The molecule has 4 nitrogen and oxygen atoms in total. The highest BCUT2D eigenvalue weighted by molar-refractivity contribution is 7.15. The Kier molecular flexibility index (Phi) is 3.44. The third kappa shape index (κ3) is 2.44. The van der Waals surface area contributed by atoms with Gasteiger partial charge in [-0.05, 0) is 23.8 Å². The van der Waals surface area contributed by atoms with E-state index in [1.807, 2.05) is 54.6 Å². The molecule has 6 heteroatoms. The van der Waals surface area contributed by atoms with Gasteiger partial charge in [0.2, 0.25) is 4.96 Å². The molecule has 2 heterocycles. The van der Waals surface area contributed by atoms with Crippen LogP contribution in [-0.4, -0.2) is 14.6 Å². The lowest BCUT2D eigenvalue weighted by Gasteiger charge is -1.99. The molecule has 0 saturated heterocycles. The molecular weight excluding hydrogens is 330 g/mol. The number of hydrogen-bond acceptors (Lipinski definition) is 4. The fraction of sp³-hybridized carbons (Fsp3) is 0. The standard InChI is InChI=1S/C17H10ClN3OS/c18-13-9-5-4-8-12(13)15-19-20-17-21(15)16(22)14(23-17)10-11-6-2-1-3-7-11/h1-10H/b14-10+. The van der Waals surface area contributed by atoms with Crippen LogP contribution in [0, 0.1) is 0 Å². The van der Waals surface area contributed by atoms with Crippen LogP contribution in [0.25, 0.3) is 22.4 Å². The van der Waals surface area contributed by atoms with Gasteiger partial charge in [0.25, 0.3) is 5.56 Å². The maximum Gasteiger partial charge on any atom is 0.276 e. The van der Waals surface area contributed by atoms with Crippen molar-refractivity contribution >= 4 is 34.0 Å². The molecule has 0 amide bonds. The van der Waals surface area contributed by atoms with E-state index < -0.39 is 0 Å². The molecule has 0 spiro atoms. The Bertz CT molecular complexity index is 1100. The van der Waals surface area contributed by atoms with Gasteiger partial charge < -0.3 is 0 Å². The monoisotopic (exact) mass is 339 g/mol. The van der Waals surface area contributed by atoms with Crippen LogP contribution in [0.3, 0.4) is 0 Å². The first-order valence-corrected chi connectivity index (χ1v) is 8.13. The second-order valence-electron chi connectivity index (χ2n) is 4.95. The molecule has 112 valence electrons. The van der Waals surface area contributed by atoms with Gasteiger partial charge in [0.1, 0.15) is 0 Å². The van der Waals surface area contributed by atoms with Gasteiger partial charge in [-0.2, -0.15) is 0 Å². The Hall–Kier alpha value is -2.50. The molecule has 4 rings (SSSR count). The minimum Gasteiger partial charge on any atom is -0.267 e. The number of hydrogen-bond donors (Lipinski definition) is 0. The lowest BCUT2D eigenvalue weighted by molar-refractivity contribution is 1.09. The van der Waals surface area contributed by atoms with E-state index in [2.05, 4.69) is 10.2 Å². The fourth-order valence-electron chi connectivity index (χ4n) is 2.38. The number of fused-ring (bicyclic) bond motifs is 1. The van der Waals surface area contributed by atoms with Crippen molar-refractivity contribution in [2.45, 2.75) is 0 Å². The first kappa shape index (κ1) is 14.1. The van der Waals surface area contributed by atoms with E-state index in [1.165, 1.54) is 15.7 Å². The molecular formula is C17H10ClN3OS. The Balaban J connectivity index is 1.96. The molecule has 0 atom stereocenters. The van der Waals surface area contributed by atoms with Crippen LogP contribution in [-0.2, 0) is 0 Å². The van der Waals surface area contributed by atoms with Crippen molar-refractivity contribution in [2.75, 3.05) is 0 Å². The minimum absolute atomic E-state index is 0.131. The summed E-state index contributed by atoms with van der Waals surface area (Å²) in [5.74, 6) is 0.472. The number of benzene rings is 2. The highest BCUT2D eigenvalue weighted by Gasteiger charge is 2.15. The third-order valence-corrected chi connectivity index (χ3v) is 4.75. The predicted molar refractivity (Wildman–Crippen MR) is 92.8 cm³/mol. The molecule has 0 aliphatic heterocycles. The average molecular weight is 340 g/mol. The topological polar surface area (TPSA) is 47.3 Å². The maximum atomic E-state index is 12.7. The van der Waals surface area contributed by atoms with Crippen molar-refractivity contribution in [3.05, 3.63) is 80.1 Å². The van der Waals surface area contributed by atoms with Gasteiger partial charge in [0.15, 0.2) is 5.82 Å². The van der Waals surface area contributed by atoms with Gasteiger partial charge in [-0.1, -0.05) is 65.4 Å². The zero-order valence-electron chi connectivity index (χ0n) is 11.8. The lowest BCUT2D eigenvalue weighted by atomic mass is 10.2. The Morgan fingerprint density at radius 3 is 2.52 bits per heavy atom. The summed E-state index contributed by atoms with van der Waals surface area (Å²) in [7, 11) is 0. The molecule has 0 aliphatic rings. The largest absolute Gasteiger partial charge is 0.276 e. The Labute approximate surface area is 140 Å². The summed E-state index contributed by atoms with van der Waals surface area (Å²) in [5, 5.41) is 8.78. The summed E-state index contributed by atoms with van der Waals surface area (Å²) >= 11 is 7.54. The van der Waals surface area contributed by atoms with Gasteiger partial charge in [0, 0.05) is 5.56 Å². The van der Waals surface area contributed by atoms with Gasteiger partial charge in [-0.3, -0.25) is 4.79 Å². The van der Waals surface area contributed by atoms with E-state index in [0.29, 0.717) is 25.9 Å². The van der Waals surface area contributed by atoms with Gasteiger partial charge >= 0.3 is 0 Å². The van der Waals surface area contributed by atoms with Crippen LogP contribution in [0.4, 0.5) is 0 Å². The zero-order valence-corrected chi connectivity index (χ0v) is 13.4. The molecule has 2 aromatic heterocycles. The molecule has 0 saturated carbocycles. The molecule has 0 aliphatic carbocycles. The first-order valence-electron chi connectivity index (χ1n) is 6.93. The highest BCUT2D eigenvalue weighted by atomic mass is 35.5. The van der Waals surface area contributed by atoms with Gasteiger partial charge in [-0.25, -0.2) is 4.40 Å². The zero-order chi connectivity index (χ0) is 15.8. The number of rotatable bonds is 2. The number of halogens is 1. The van der Waals surface area contributed by atoms with Crippen molar-refractivity contribution in [2.24, 2.45) is 0 Å². The SMILES string of the molecule is O=c1/c(=C\c2ccccc2)sc2nnc(-c3ccccc3Cl)n12.